The number of aromatic nitrogens is 3. The molecule has 1 aromatic heterocycles. The lowest BCUT2D eigenvalue weighted by Gasteiger charge is -2.50. The maximum atomic E-state index is 14.9. The first kappa shape index (κ1) is 67.8. The van der Waals surface area contributed by atoms with Gasteiger partial charge >= 0.3 is 24.1 Å². The molecule has 19 heteroatoms. The van der Waals surface area contributed by atoms with Crippen LogP contribution in [-0.4, -0.2) is 120 Å². The number of esters is 3. The molecule has 6 unspecified atom stereocenters. The summed E-state index contributed by atoms with van der Waals surface area (Å²) in [6.45, 7) is 6.24. The number of halogens is 1. The molecule has 7 aromatic rings. The normalized spacial score (nSPS) is 26.7. The summed E-state index contributed by atoms with van der Waals surface area (Å²) in [4.78, 5) is 59.3. The fraction of sp³-hybridized carbons (Fsp3) is 0.432. The van der Waals surface area contributed by atoms with Crippen molar-refractivity contribution in [2.75, 3.05) is 13.7 Å². The van der Waals surface area contributed by atoms with Gasteiger partial charge < -0.3 is 47.4 Å². The third-order valence-corrected chi connectivity index (χ3v) is 18.3. The number of rotatable bonds is 24. The minimum absolute atomic E-state index is 0.00764. The molecule has 4 aliphatic rings. The van der Waals surface area contributed by atoms with Gasteiger partial charge in [0, 0.05) is 17.4 Å². The zero-order chi connectivity index (χ0) is 65.1. The summed E-state index contributed by atoms with van der Waals surface area (Å²) in [5.41, 5.74) is 4.46. The average molecular weight is 1270 g/mol. The fourth-order valence-electron chi connectivity index (χ4n) is 13.2. The Morgan fingerprint density at radius 2 is 1.22 bits per heavy atom. The highest BCUT2D eigenvalue weighted by Crippen LogP contribution is 2.44. The fourth-order valence-corrected chi connectivity index (χ4v) is 13.2. The van der Waals surface area contributed by atoms with Gasteiger partial charge in [0.2, 0.25) is 0 Å². The van der Waals surface area contributed by atoms with E-state index in [0.29, 0.717) is 29.2 Å². The number of methoxy groups -OCH3 is 1. The van der Waals surface area contributed by atoms with Crippen molar-refractivity contribution in [3.63, 3.8) is 0 Å². The molecule has 2 saturated heterocycles. The van der Waals surface area contributed by atoms with Crippen molar-refractivity contribution in [3.05, 3.63) is 216 Å². The van der Waals surface area contributed by atoms with Crippen molar-refractivity contribution in [2.45, 2.75) is 165 Å². The first-order valence-corrected chi connectivity index (χ1v) is 32.2. The Hall–Kier alpha value is -8.10. The van der Waals surface area contributed by atoms with Gasteiger partial charge in [-0.3, -0.25) is 4.79 Å². The first-order valence-electron chi connectivity index (χ1n) is 32.2. The second-order valence-corrected chi connectivity index (χ2v) is 24.6. The van der Waals surface area contributed by atoms with Crippen molar-refractivity contribution in [3.8, 4) is 11.3 Å². The third kappa shape index (κ3) is 18.2. The summed E-state index contributed by atoms with van der Waals surface area (Å²) in [6, 6.07) is 52.6. The molecule has 0 amide bonds. The minimum Gasteiger partial charge on any atom is -0.469 e. The maximum absolute atomic E-state index is 14.9. The van der Waals surface area contributed by atoms with E-state index in [1.807, 2.05) is 105 Å². The largest absolute Gasteiger partial charge is 0.469 e. The Labute approximate surface area is 542 Å². The van der Waals surface area contributed by atoms with E-state index in [4.69, 9.17) is 57.0 Å². The molecule has 15 atom stereocenters. The molecule has 0 N–H and O–H groups in total. The van der Waals surface area contributed by atoms with Crippen LogP contribution in [0.5, 0.6) is 0 Å². The van der Waals surface area contributed by atoms with E-state index in [1.54, 1.807) is 71.5 Å². The van der Waals surface area contributed by atoms with Crippen molar-refractivity contribution in [1.82, 2.24) is 15.0 Å². The van der Waals surface area contributed by atoms with Crippen LogP contribution >= 0.6 is 0 Å². The van der Waals surface area contributed by atoms with Gasteiger partial charge in [0.15, 0.2) is 18.7 Å². The van der Waals surface area contributed by atoms with Gasteiger partial charge in [-0.15, -0.1) is 5.10 Å². The van der Waals surface area contributed by atoms with E-state index in [-0.39, 0.29) is 56.4 Å². The molecule has 2 aliphatic heterocycles. The van der Waals surface area contributed by atoms with Gasteiger partial charge in [0.25, 0.3) is 0 Å². The second kappa shape index (κ2) is 33.7. The van der Waals surface area contributed by atoms with Gasteiger partial charge in [-0.25, -0.2) is 18.7 Å². The second-order valence-electron chi connectivity index (χ2n) is 24.6. The van der Waals surface area contributed by atoms with Gasteiger partial charge in [0.1, 0.15) is 42.5 Å². The number of ether oxygens (including phenoxy) is 10. The number of carbonyl (C=O) groups excluding carboxylic acids is 5. The van der Waals surface area contributed by atoms with Gasteiger partial charge in [-0.2, -0.15) is 9.59 Å². The van der Waals surface area contributed by atoms with Crippen LogP contribution in [0.3, 0.4) is 0 Å². The predicted octanol–water partition coefficient (Wildman–Crippen LogP) is 12.4. The molecular formula is C74H82FN3O15. The Morgan fingerprint density at radius 1 is 0.634 bits per heavy atom. The maximum Gasteiger partial charge on any atom is 0.373 e. The van der Waals surface area contributed by atoms with E-state index in [2.05, 4.69) is 29.4 Å². The zero-order valence-electron chi connectivity index (χ0n) is 52.9. The highest BCUT2D eigenvalue weighted by molar-refractivity contribution is 5.90. The monoisotopic (exact) mass is 1270 g/mol. The number of benzene rings is 6. The molecule has 490 valence electrons. The van der Waals surface area contributed by atoms with Crippen LogP contribution in [0, 0.1) is 29.5 Å². The van der Waals surface area contributed by atoms with Crippen molar-refractivity contribution in [2.24, 2.45) is 23.7 Å². The van der Waals surface area contributed by atoms with Crippen LogP contribution in [0.4, 0.5) is 4.39 Å². The van der Waals surface area contributed by atoms with Crippen LogP contribution in [0.15, 0.2) is 182 Å². The molecule has 93 heavy (non-hydrogen) atoms. The molecular weight excluding hydrogens is 1190 g/mol. The lowest BCUT2D eigenvalue weighted by molar-refractivity contribution is -0.347. The van der Waals surface area contributed by atoms with Gasteiger partial charge in [-0.05, 0) is 91.6 Å². The molecule has 11 rings (SSSR count). The van der Waals surface area contributed by atoms with Gasteiger partial charge in [0.05, 0.1) is 74.0 Å². The van der Waals surface area contributed by atoms with Crippen LogP contribution in [0.1, 0.15) is 116 Å². The Balaban J connectivity index is 0.00000309. The molecule has 6 aromatic carbocycles. The topological polar surface area (TPSA) is 208 Å². The Kier molecular flexibility index (Phi) is 24.5. The smallest absolute Gasteiger partial charge is 0.373 e. The van der Waals surface area contributed by atoms with Crippen LogP contribution in [0.25, 0.3) is 11.3 Å². The van der Waals surface area contributed by atoms with E-state index in [9.17, 15) is 18.8 Å². The highest BCUT2D eigenvalue weighted by atomic mass is 19.1. The third-order valence-electron chi connectivity index (χ3n) is 18.3. The predicted molar refractivity (Wildman–Crippen MR) is 338 cm³/mol. The minimum atomic E-state index is -1.46. The summed E-state index contributed by atoms with van der Waals surface area (Å²) in [5.74, 6) is -3.39. The number of carbonyl (C=O) groups is 3. The number of nitrogens with zero attached hydrogens (tertiary/aromatic N) is 3. The SMILES string of the molecule is COC(=O)C1CC(n2cc(-c3cccc(F)c3)nn2)[C@@H](O[C@@H]2OC(C)[C@@H](C)[C@H](OCc3ccccc3)C2OCc2ccccc2)[C@H](O[C@@H]2OC(COC(=O)c3ccccc3)[C@H](C)[C@H](O[C@H](Cc3ccccc3)CC3CCCCC3)C2OC(=O)c2ccccc2)C1.O=C=O. The molecule has 2 saturated carbocycles. The van der Waals surface area contributed by atoms with Crippen molar-refractivity contribution >= 4 is 24.1 Å². The highest BCUT2D eigenvalue weighted by Gasteiger charge is 2.55. The molecule has 4 fully saturated rings. The molecule has 18 nitrogen and oxygen atoms in total. The molecule has 0 spiro atoms. The summed E-state index contributed by atoms with van der Waals surface area (Å²) < 4.78 is 85.6. The van der Waals surface area contributed by atoms with Crippen LogP contribution in [-0.2, 0) is 81.4 Å². The number of hydrogen-bond donors (Lipinski definition) is 0. The molecule has 0 radical (unpaired) electrons. The molecule has 0 bridgehead atoms. The quantitative estimate of drug-likeness (QED) is 0.0407. The number of hydrogen-bond acceptors (Lipinski definition) is 17. The Morgan fingerprint density at radius 3 is 1.83 bits per heavy atom. The average Bonchev–Trinajstić information content (AvgIpc) is 1.57. The molecule has 3 heterocycles. The zero-order valence-corrected chi connectivity index (χ0v) is 52.9. The van der Waals surface area contributed by atoms with Crippen molar-refractivity contribution in [1.29, 1.82) is 0 Å². The van der Waals surface area contributed by atoms with E-state index < -0.39 is 103 Å². The Bertz CT molecular complexity index is 3470. The summed E-state index contributed by atoms with van der Waals surface area (Å²) >= 11 is 0. The lowest BCUT2D eigenvalue weighted by Crippen LogP contribution is -2.62. The summed E-state index contributed by atoms with van der Waals surface area (Å²) in [7, 11) is 1.34. The van der Waals surface area contributed by atoms with Crippen LogP contribution in [0.2, 0.25) is 0 Å². The van der Waals surface area contributed by atoms with E-state index in [0.717, 1.165) is 48.8 Å². The standard InChI is InChI=1S/C73H82FN3O13.CO2/c1-47-49(3)85-72(67(83-45-53-30-17-8-18-31-53)64(47)82-44-52-28-15-7-16-29-52)90-66-61(77-43-60(75-76-77)56-36-23-37-58(74)40-56)41-57(69(78)81-4)42-62(66)87-73-68(89-71(80)55-34-21-10-22-35-55)65(48(2)63(88-73)46-84-70(79)54-32-19-9-20-33-54)86-59(38-50-24-11-5-12-25-50)39-51-26-13-6-14-27-51;2-1-3/h5,7-12,15-25,28-37,40,43,47-49,51,57,59,61-68,72-73H,6,13-14,26-27,38-39,41-42,44-46H2,1-4H3;/t47-,48+,49?,57?,59-,61?,62-,63?,64+,65+,66-,67?,68?,72+,73-;/m1./s1. The van der Waals surface area contributed by atoms with E-state index in [1.165, 1.54) is 25.7 Å². The van der Waals surface area contributed by atoms with Gasteiger partial charge in [-0.1, -0.05) is 191 Å². The van der Waals surface area contributed by atoms with E-state index >= 15 is 0 Å². The lowest BCUT2D eigenvalue weighted by atomic mass is 9.81. The first-order chi connectivity index (χ1) is 45.4. The summed E-state index contributed by atoms with van der Waals surface area (Å²) in [6.07, 6.45) is -1.16. The molecule has 2 aliphatic carbocycles. The van der Waals surface area contributed by atoms with Crippen LogP contribution < -0.4 is 0 Å². The summed E-state index contributed by atoms with van der Waals surface area (Å²) in [5, 5.41) is 9.24. The van der Waals surface area contributed by atoms with Crippen molar-refractivity contribution < 1.29 is 75.7 Å².